The van der Waals surface area contributed by atoms with Crippen LogP contribution < -0.4 is 10.6 Å². The zero-order valence-corrected chi connectivity index (χ0v) is 15.5. The van der Waals surface area contributed by atoms with E-state index in [2.05, 4.69) is 15.6 Å². The lowest BCUT2D eigenvalue weighted by molar-refractivity contribution is -0.117. The summed E-state index contributed by atoms with van der Waals surface area (Å²) in [6.45, 7) is 3.91. The highest BCUT2D eigenvalue weighted by Gasteiger charge is 2.18. The summed E-state index contributed by atoms with van der Waals surface area (Å²) in [7, 11) is 0. The molecule has 0 spiro atoms. The van der Waals surface area contributed by atoms with Crippen LogP contribution in [0.15, 0.2) is 24.3 Å². The van der Waals surface area contributed by atoms with Gasteiger partial charge in [0.25, 0.3) is 0 Å². The van der Waals surface area contributed by atoms with Crippen LogP contribution in [-0.4, -0.2) is 36.7 Å². The first-order valence-electron chi connectivity index (χ1n) is 7.92. The second-order valence-corrected chi connectivity index (χ2v) is 6.90. The summed E-state index contributed by atoms with van der Waals surface area (Å²) < 4.78 is 18.6. The smallest absolute Gasteiger partial charge is 0.227 e. The number of halogens is 2. The summed E-state index contributed by atoms with van der Waals surface area (Å²) in [5, 5.41) is 6.68. The molecule has 25 heavy (non-hydrogen) atoms. The molecule has 3 rings (SSSR count). The number of hydrogen-bond acceptors (Lipinski definition) is 5. The molecule has 0 aliphatic carbocycles. The maximum atomic E-state index is 13.3. The number of amides is 1. The van der Waals surface area contributed by atoms with Crippen LogP contribution in [0.4, 0.5) is 9.52 Å². The zero-order valence-electron chi connectivity index (χ0n) is 13.9. The highest BCUT2D eigenvalue weighted by molar-refractivity contribution is 7.15. The van der Waals surface area contributed by atoms with E-state index >= 15 is 0 Å². The van der Waals surface area contributed by atoms with E-state index in [-0.39, 0.29) is 30.2 Å². The highest BCUT2D eigenvalue weighted by Crippen LogP contribution is 2.25. The number of carbonyl (C=O) groups excluding carboxylic acids is 1. The van der Waals surface area contributed by atoms with E-state index in [0.717, 1.165) is 22.7 Å². The van der Waals surface area contributed by atoms with E-state index < -0.39 is 0 Å². The van der Waals surface area contributed by atoms with Gasteiger partial charge in [0.2, 0.25) is 5.91 Å². The first-order valence-corrected chi connectivity index (χ1v) is 8.73. The first kappa shape index (κ1) is 19.8. The number of nitrogens with zero attached hydrogens (tertiary/aromatic N) is 1. The molecule has 2 heterocycles. The molecule has 1 aromatic heterocycles. The monoisotopic (exact) mass is 385 g/mol. The molecule has 0 bridgehead atoms. The molecule has 5 nitrogen and oxygen atoms in total. The fraction of sp³-hybridized carbons (Fsp3) is 0.412. The number of nitrogens with one attached hydrogen (secondary N) is 2. The molecule has 1 unspecified atom stereocenters. The van der Waals surface area contributed by atoms with E-state index in [1.54, 1.807) is 6.07 Å². The molecule has 1 atom stereocenters. The summed E-state index contributed by atoms with van der Waals surface area (Å²) in [6, 6.07) is 6.58. The van der Waals surface area contributed by atoms with E-state index in [1.165, 1.54) is 23.5 Å². The van der Waals surface area contributed by atoms with Crippen molar-refractivity contribution in [2.24, 2.45) is 0 Å². The SMILES string of the molecule is Cc1nc(NC(=O)CC2COCCN2)sc1Cc1cccc(F)c1.Cl. The molecule has 1 amide bonds. The van der Waals surface area contributed by atoms with Gasteiger partial charge in [0.1, 0.15) is 5.82 Å². The van der Waals surface area contributed by atoms with Gasteiger partial charge in [-0.1, -0.05) is 12.1 Å². The van der Waals surface area contributed by atoms with Crippen molar-refractivity contribution in [3.63, 3.8) is 0 Å². The van der Waals surface area contributed by atoms with E-state index in [1.807, 2.05) is 13.0 Å². The summed E-state index contributed by atoms with van der Waals surface area (Å²) in [5.74, 6) is -0.325. The molecule has 1 aliphatic heterocycles. The molecule has 8 heteroatoms. The Balaban J connectivity index is 0.00000225. The van der Waals surface area contributed by atoms with Crippen molar-refractivity contribution >= 4 is 34.8 Å². The molecule has 2 aromatic rings. The van der Waals surface area contributed by atoms with Crippen molar-refractivity contribution in [2.75, 3.05) is 25.1 Å². The number of hydrogen-bond donors (Lipinski definition) is 2. The third-order valence-electron chi connectivity index (χ3n) is 3.82. The van der Waals surface area contributed by atoms with E-state index in [4.69, 9.17) is 4.74 Å². The van der Waals surface area contributed by atoms with Crippen molar-refractivity contribution in [1.82, 2.24) is 10.3 Å². The standard InChI is InChI=1S/C17H20FN3O2S.ClH/c1-11-15(8-12-3-2-4-13(18)7-12)24-17(20-11)21-16(22)9-14-10-23-6-5-19-14;/h2-4,7,14,19H,5-6,8-10H2,1H3,(H,20,21,22);1H. The summed E-state index contributed by atoms with van der Waals surface area (Å²) >= 11 is 1.43. The van der Waals surface area contributed by atoms with Crippen molar-refractivity contribution in [3.8, 4) is 0 Å². The van der Waals surface area contributed by atoms with Gasteiger partial charge in [0, 0.05) is 30.3 Å². The predicted octanol–water partition coefficient (Wildman–Crippen LogP) is 2.92. The minimum atomic E-state index is -0.245. The zero-order chi connectivity index (χ0) is 16.9. The molecule has 0 radical (unpaired) electrons. The molecule has 1 aliphatic rings. The van der Waals surface area contributed by atoms with Crippen LogP contribution >= 0.6 is 23.7 Å². The third-order valence-corrected chi connectivity index (χ3v) is 4.90. The first-order chi connectivity index (χ1) is 11.6. The quantitative estimate of drug-likeness (QED) is 0.830. The molecule has 1 fully saturated rings. The number of thiazole rings is 1. The van der Waals surface area contributed by atoms with E-state index in [0.29, 0.717) is 31.2 Å². The van der Waals surface area contributed by atoms with Crippen LogP contribution in [0.2, 0.25) is 0 Å². The second kappa shape index (κ2) is 9.24. The average Bonchev–Trinajstić information content (AvgIpc) is 2.87. The number of anilines is 1. The Bertz CT molecular complexity index is 720. The number of rotatable bonds is 5. The number of aromatic nitrogens is 1. The molecular formula is C17H21ClFN3O2S. The van der Waals surface area contributed by atoms with Gasteiger partial charge < -0.3 is 15.4 Å². The molecule has 1 saturated heterocycles. The van der Waals surface area contributed by atoms with Crippen molar-refractivity contribution < 1.29 is 13.9 Å². The maximum absolute atomic E-state index is 13.3. The Labute approximate surface area is 156 Å². The van der Waals surface area contributed by atoms with Crippen LogP contribution in [0, 0.1) is 12.7 Å². The van der Waals surface area contributed by atoms with Gasteiger partial charge >= 0.3 is 0 Å². The number of carbonyl (C=O) groups is 1. The van der Waals surface area contributed by atoms with Crippen LogP contribution in [0.1, 0.15) is 22.6 Å². The van der Waals surface area contributed by atoms with Gasteiger partial charge in [0.05, 0.1) is 18.9 Å². The van der Waals surface area contributed by atoms with Crippen molar-refractivity contribution in [2.45, 2.75) is 25.8 Å². The lowest BCUT2D eigenvalue weighted by Gasteiger charge is -2.22. The molecule has 136 valence electrons. The topological polar surface area (TPSA) is 63.2 Å². The van der Waals surface area contributed by atoms with Gasteiger partial charge in [0.15, 0.2) is 5.13 Å². The Kier molecular flexibility index (Phi) is 7.31. The van der Waals surface area contributed by atoms with E-state index in [9.17, 15) is 9.18 Å². The third kappa shape index (κ3) is 5.74. The normalized spacial score (nSPS) is 17.0. The van der Waals surface area contributed by atoms with Crippen molar-refractivity contribution in [1.29, 1.82) is 0 Å². The van der Waals surface area contributed by atoms with Gasteiger partial charge in [-0.25, -0.2) is 9.37 Å². The predicted molar refractivity (Wildman–Crippen MR) is 99.2 cm³/mol. The Morgan fingerprint density at radius 3 is 3.08 bits per heavy atom. The molecule has 0 saturated carbocycles. The minimum Gasteiger partial charge on any atom is -0.378 e. The van der Waals surface area contributed by atoms with Gasteiger partial charge in [-0.2, -0.15) is 0 Å². The largest absolute Gasteiger partial charge is 0.378 e. The van der Waals surface area contributed by atoms with Gasteiger partial charge in [-0.3, -0.25) is 4.79 Å². The summed E-state index contributed by atoms with van der Waals surface area (Å²) in [5.41, 5.74) is 1.75. The minimum absolute atomic E-state index is 0. The Hall–Kier alpha value is -1.54. The van der Waals surface area contributed by atoms with Gasteiger partial charge in [-0.15, -0.1) is 23.7 Å². The lowest BCUT2D eigenvalue weighted by atomic mass is 10.1. The highest BCUT2D eigenvalue weighted by atomic mass is 35.5. The van der Waals surface area contributed by atoms with Crippen LogP contribution in [0.3, 0.4) is 0 Å². The molecular weight excluding hydrogens is 365 g/mol. The maximum Gasteiger partial charge on any atom is 0.227 e. The fourth-order valence-electron chi connectivity index (χ4n) is 2.62. The van der Waals surface area contributed by atoms with Crippen LogP contribution in [0.25, 0.3) is 0 Å². The Morgan fingerprint density at radius 2 is 2.36 bits per heavy atom. The van der Waals surface area contributed by atoms with Crippen LogP contribution in [-0.2, 0) is 16.0 Å². The van der Waals surface area contributed by atoms with Crippen molar-refractivity contribution in [3.05, 3.63) is 46.2 Å². The number of ether oxygens (including phenoxy) is 1. The van der Waals surface area contributed by atoms with Crippen LogP contribution in [0.5, 0.6) is 0 Å². The number of aryl methyl sites for hydroxylation is 1. The fourth-order valence-corrected chi connectivity index (χ4v) is 3.64. The van der Waals surface area contributed by atoms with Gasteiger partial charge in [-0.05, 0) is 24.6 Å². The summed E-state index contributed by atoms with van der Waals surface area (Å²) in [6.07, 6.45) is 0.965. The number of morpholine rings is 1. The Morgan fingerprint density at radius 1 is 1.52 bits per heavy atom. The molecule has 1 aromatic carbocycles. The lowest BCUT2D eigenvalue weighted by Crippen LogP contribution is -2.43. The average molecular weight is 386 g/mol. The molecule has 2 N–H and O–H groups in total. The number of benzene rings is 1. The second-order valence-electron chi connectivity index (χ2n) is 5.81. The summed E-state index contributed by atoms with van der Waals surface area (Å²) in [4.78, 5) is 17.5.